The lowest BCUT2D eigenvalue weighted by Gasteiger charge is -2.15. The van der Waals surface area contributed by atoms with Crippen molar-refractivity contribution in [2.45, 2.75) is 13.8 Å². The van der Waals surface area contributed by atoms with E-state index in [1.165, 1.54) is 11.3 Å². The Morgan fingerprint density at radius 3 is 2.50 bits per heavy atom. The summed E-state index contributed by atoms with van der Waals surface area (Å²) in [7, 11) is 4.04. The zero-order valence-corrected chi connectivity index (χ0v) is 9.20. The van der Waals surface area contributed by atoms with Crippen LogP contribution >= 0.6 is 0 Å². The average Bonchev–Trinajstić information content (AvgIpc) is 2.07. The zero-order chi connectivity index (χ0) is 10.7. The van der Waals surface area contributed by atoms with Gasteiger partial charge in [-0.15, -0.1) is 0 Å². The normalized spacial score (nSPS) is 11.6. The molecule has 0 saturated heterocycles. The van der Waals surface area contributed by atoms with Gasteiger partial charge in [-0.25, -0.2) is 4.99 Å². The monoisotopic (exact) mass is 191 g/mol. The molecule has 2 N–H and O–H groups in total. The summed E-state index contributed by atoms with van der Waals surface area (Å²) in [5.41, 5.74) is 8.84. The number of anilines is 1. The second kappa shape index (κ2) is 4.13. The Bertz CT molecular complexity index is 350. The summed E-state index contributed by atoms with van der Waals surface area (Å²) >= 11 is 0. The Balaban J connectivity index is 3.13. The fraction of sp³-hybridized carbons (Fsp3) is 0.364. The maximum Gasteiger partial charge on any atom is 0.0964 e. The first-order valence-corrected chi connectivity index (χ1v) is 4.59. The van der Waals surface area contributed by atoms with Gasteiger partial charge in [0.25, 0.3) is 0 Å². The van der Waals surface area contributed by atoms with Crippen molar-refractivity contribution in [1.82, 2.24) is 0 Å². The molecule has 0 bridgehead atoms. The summed E-state index contributed by atoms with van der Waals surface area (Å²) in [4.78, 5) is 6.28. The molecule has 0 unspecified atom stereocenters. The molecule has 1 aromatic carbocycles. The Kier molecular flexibility index (Phi) is 3.12. The smallest absolute Gasteiger partial charge is 0.0964 e. The third-order valence-electron chi connectivity index (χ3n) is 1.98. The molecule has 0 atom stereocenters. The van der Waals surface area contributed by atoms with Crippen molar-refractivity contribution < 1.29 is 0 Å². The Hall–Kier alpha value is -1.51. The molecule has 0 aliphatic rings. The number of rotatable bonds is 2. The lowest BCUT2D eigenvalue weighted by molar-refractivity contribution is 1.11. The van der Waals surface area contributed by atoms with Gasteiger partial charge >= 0.3 is 0 Å². The highest BCUT2D eigenvalue weighted by Gasteiger charge is 2.01. The minimum atomic E-state index is 0.582. The van der Waals surface area contributed by atoms with E-state index in [9.17, 15) is 0 Å². The van der Waals surface area contributed by atoms with E-state index in [2.05, 4.69) is 22.9 Å². The quantitative estimate of drug-likeness (QED) is 0.574. The molecule has 0 aliphatic carbocycles. The van der Waals surface area contributed by atoms with Gasteiger partial charge in [0.2, 0.25) is 0 Å². The van der Waals surface area contributed by atoms with Crippen LogP contribution in [0.1, 0.15) is 12.5 Å². The van der Waals surface area contributed by atoms with E-state index in [1.807, 2.05) is 26.2 Å². The first-order chi connectivity index (χ1) is 6.50. The van der Waals surface area contributed by atoms with Crippen molar-refractivity contribution in [2.24, 2.45) is 10.7 Å². The van der Waals surface area contributed by atoms with Gasteiger partial charge in [0.1, 0.15) is 0 Å². The van der Waals surface area contributed by atoms with Crippen LogP contribution in [0.2, 0.25) is 0 Å². The van der Waals surface area contributed by atoms with Crippen LogP contribution in [-0.4, -0.2) is 19.9 Å². The predicted octanol–water partition coefficient (Wildman–Crippen LogP) is 2.07. The summed E-state index contributed by atoms with van der Waals surface area (Å²) in [6.07, 6.45) is 0. The van der Waals surface area contributed by atoms with Gasteiger partial charge in [-0.3, -0.25) is 0 Å². The molecule has 0 radical (unpaired) electrons. The molecule has 0 aliphatic heterocycles. The maximum absolute atomic E-state index is 5.53. The van der Waals surface area contributed by atoms with Crippen LogP contribution in [0.4, 0.5) is 11.4 Å². The van der Waals surface area contributed by atoms with Gasteiger partial charge < -0.3 is 10.6 Å². The Morgan fingerprint density at radius 2 is 2.00 bits per heavy atom. The third kappa shape index (κ3) is 2.49. The summed E-state index contributed by atoms with van der Waals surface area (Å²) < 4.78 is 0. The van der Waals surface area contributed by atoms with Gasteiger partial charge in [0.05, 0.1) is 11.5 Å². The fourth-order valence-corrected chi connectivity index (χ4v) is 1.35. The summed E-state index contributed by atoms with van der Waals surface area (Å²) in [6.45, 7) is 3.87. The number of hydrogen-bond acceptors (Lipinski definition) is 2. The second-order valence-corrected chi connectivity index (χ2v) is 3.62. The molecule has 0 heterocycles. The average molecular weight is 191 g/mol. The standard InChI is InChI=1S/C11H17N3/c1-8-5-6-10(13-9(2)12)7-11(8)14(3)4/h5-7H,1-4H3,(H2,12,13). The summed E-state index contributed by atoms with van der Waals surface area (Å²) in [5, 5.41) is 0. The van der Waals surface area contributed by atoms with Crippen LogP contribution in [0, 0.1) is 6.92 Å². The van der Waals surface area contributed by atoms with Crippen molar-refractivity contribution in [2.75, 3.05) is 19.0 Å². The van der Waals surface area contributed by atoms with Gasteiger partial charge in [0, 0.05) is 19.8 Å². The minimum absolute atomic E-state index is 0.582. The van der Waals surface area contributed by atoms with Crippen molar-refractivity contribution in [1.29, 1.82) is 0 Å². The van der Waals surface area contributed by atoms with E-state index < -0.39 is 0 Å². The largest absolute Gasteiger partial charge is 0.387 e. The summed E-state index contributed by atoms with van der Waals surface area (Å²) in [5.74, 6) is 0.582. The molecule has 0 fully saturated rings. The molecule has 0 amide bonds. The molecular weight excluding hydrogens is 174 g/mol. The highest BCUT2D eigenvalue weighted by atomic mass is 15.1. The molecule has 0 saturated carbocycles. The van der Waals surface area contributed by atoms with Gasteiger partial charge in [-0.2, -0.15) is 0 Å². The van der Waals surface area contributed by atoms with E-state index >= 15 is 0 Å². The number of aliphatic imine (C=N–C) groups is 1. The van der Waals surface area contributed by atoms with Crippen LogP contribution in [0.25, 0.3) is 0 Å². The first kappa shape index (κ1) is 10.6. The zero-order valence-electron chi connectivity index (χ0n) is 9.20. The molecule has 3 heteroatoms. The van der Waals surface area contributed by atoms with Crippen LogP contribution in [0.15, 0.2) is 23.2 Å². The highest BCUT2D eigenvalue weighted by molar-refractivity contribution is 5.81. The molecular formula is C11H17N3. The number of hydrogen-bond donors (Lipinski definition) is 1. The van der Waals surface area contributed by atoms with Gasteiger partial charge in [-0.1, -0.05) is 6.07 Å². The molecule has 14 heavy (non-hydrogen) atoms. The van der Waals surface area contributed by atoms with Crippen LogP contribution in [0.3, 0.4) is 0 Å². The van der Waals surface area contributed by atoms with Crippen molar-refractivity contribution in [3.8, 4) is 0 Å². The highest BCUT2D eigenvalue weighted by Crippen LogP contribution is 2.24. The minimum Gasteiger partial charge on any atom is -0.387 e. The van der Waals surface area contributed by atoms with E-state index in [0.29, 0.717) is 5.84 Å². The lowest BCUT2D eigenvalue weighted by Crippen LogP contribution is -2.10. The molecule has 76 valence electrons. The Morgan fingerprint density at radius 1 is 1.36 bits per heavy atom. The summed E-state index contributed by atoms with van der Waals surface area (Å²) in [6, 6.07) is 6.06. The van der Waals surface area contributed by atoms with E-state index in [1.54, 1.807) is 6.92 Å². The topological polar surface area (TPSA) is 41.6 Å². The molecule has 0 aromatic heterocycles. The Labute approximate surface area is 85.3 Å². The SMILES string of the molecule is CC(N)=Nc1ccc(C)c(N(C)C)c1. The lowest BCUT2D eigenvalue weighted by atomic mass is 10.1. The van der Waals surface area contributed by atoms with Gasteiger partial charge in [-0.05, 0) is 31.5 Å². The predicted molar refractivity (Wildman–Crippen MR) is 62.5 cm³/mol. The number of nitrogens with two attached hydrogens (primary N) is 1. The van der Waals surface area contributed by atoms with E-state index in [4.69, 9.17) is 5.73 Å². The fourth-order valence-electron chi connectivity index (χ4n) is 1.35. The molecule has 1 aromatic rings. The van der Waals surface area contributed by atoms with E-state index in [-0.39, 0.29) is 0 Å². The van der Waals surface area contributed by atoms with Crippen LogP contribution < -0.4 is 10.6 Å². The number of nitrogens with zero attached hydrogens (tertiary/aromatic N) is 2. The molecule has 1 rings (SSSR count). The van der Waals surface area contributed by atoms with Crippen LogP contribution in [-0.2, 0) is 0 Å². The number of benzene rings is 1. The van der Waals surface area contributed by atoms with Crippen molar-refractivity contribution in [3.05, 3.63) is 23.8 Å². The van der Waals surface area contributed by atoms with Crippen molar-refractivity contribution in [3.63, 3.8) is 0 Å². The molecule has 3 nitrogen and oxygen atoms in total. The first-order valence-electron chi connectivity index (χ1n) is 4.59. The number of amidine groups is 1. The van der Waals surface area contributed by atoms with Gasteiger partial charge in [0.15, 0.2) is 0 Å². The van der Waals surface area contributed by atoms with Crippen molar-refractivity contribution >= 4 is 17.2 Å². The van der Waals surface area contributed by atoms with E-state index in [0.717, 1.165) is 5.69 Å². The molecule has 0 spiro atoms. The van der Waals surface area contributed by atoms with Crippen LogP contribution in [0.5, 0.6) is 0 Å². The maximum atomic E-state index is 5.53. The third-order valence-corrected chi connectivity index (χ3v) is 1.98. The number of aryl methyl sites for hydroxylation is 1. The second-order valence-electron chi connectivity index (χ2n) is 3.62.